The Morgan fingerprint density at radius 2 is 1.80 bits per heavy atom. The third kappa shape index (κ3) is 5.82. The average molecular weight is 282 g/mol. The third-order valence-electron chi connectivity index (χ3n) is 4.86. The summed E-state index contributed by atoms with van der Waals surface area (Å²) >= 11 is 0. The van der Waals surface area contributed by atoms with Crippen LogP contribution in [0.25, 0.3) is 0 Å². The molecule has 20 heavy (non-hydrogen) atoms. The number of hydrogen-bond donors (Lipinski definition) is 2. The molecule has 1 rings (SSSR count). The molecule has 1 aliphatic rings. The molecule has 0 aliphatic heterocycles. The Hall–Kier alpha value is -0.570. The molecule has 118 valence electrons. The van der Waals surface area contributed by atoms with E-state index in [0.717, 1.165) is 25.7 Å². The van der Waals surface area contributed by atoms with Crippen molar-refractivity contribution in [1.29, 1.82) is 0 Å². The number of rotatable bonds is 6. The highest BCUT2D eigenvalue weighted by molar-refractivity contribution is 5.76. The van der Waals surface area contributed by atoms with Crippen LogP contribution < -0.4 is 11.1 Å². The zero-order valence-corrected chi connectivity index (χ0v) is 13.9. The van der Waals surface area contributed by atoms with Crippen LogP contribution in [0.4, 0.5) is 0 Å². The van der Waals surface area contributed by atoms with Crippen molar-refractivity contribution >= 4 is 5.91 Å². The van der Waals surface area contributed by atoms with E-state index in [2.05, 4.69) is 33.0 Å². The normalized spacial score (nSPS) is 20.4. The maximum atomic E-state index is 12.2. The van der Waals surface area contributed by atoms with Crippen LogP contribution in [0.15, 0.2) is 0 Å². The predicted octanol–water partition coefficient (Wildman–Crippen LogP) is 3.62. The van der Waals surface area contributed by atoms with Crippen molar-refractivity contribution in [3.8, 4) is 0 Å². The van der Waals surface area contributed by atoms with Crippen molar-refractivity contribution in [3.05, 3.63) is 0 Å². The first kappa shape index (κ1) is 17.5. The summed E-state index contributed by atoms with van der Waals surface area (Å²) in [7, 11) is 0. The second kappa shape index (κ2) is 7.44. The zero-order valence-electron chi connectivity index (χ0n) is 13.9. The number of nitrogens with one attached hydrogen (secondary N) is 1. The molecule has 3 heteroatoms. The van der Waals surface area contributed by atoms with E-state index < -0.39 is 0 Å². The van der Waals surface area contributed by atoms with Gasteiger partial charge >= 0.3 is 0 Å². The van der Waals surface area contributed by atoms with Crippen LogP contribution in [0.2, 0.25) is 0 Å². The van der Waals surface area contributed by atoms with Gasteiger partial charge in [-0.2, -0.15) is 0 Å². The average Bonchev–Trinajstić information content (AvgIpc) is 2.33. The summed E-state index contributed by atoms with van der Waals surface area (Å²) in [4.78, 5) is 12.2. The summed E-state index contributed by atoms with van der Waals surface area (Å²) in [6.45, 7) is 9.64. The smallest absolute Gasteiger partial charge is 0.220 e. The number of amides is 1. The van der Waals surface area contributed by atoms with Crippen molar-refractivity contribution in [2.24, 2.45) is 17.1 Å². The first-order chi connectivity index (χ1) is 9.27. The lowest BCUT2D eigenvalue weighted by Crippen LogP contribution is -2.47. The topological polar surface area (TPSA) is 55.1 Å². The lowest BCUT2D eigenvalue weighted by Gasteiger charge is -2.35. The molecule has 3 N–H and O–H groups in total. The van der Waals surface area contributed by atoms with Crippen LogP contribution in [0, 0.1) is 11.3 Å². The second-order valence-corrected chi connectivity index (χ2v) is 7.85. The zero-order chi connectivity index (χ0) is 15.2. The monoisotopic (exact) mass is 282 g/mol. The molecule has 1 fully saturated rings. The number of carbonyl (C=O) groups excluding carboxylic acids is 1. The van der Waals surface area contributed by atoms with Gasteiger partial charge < -0.3 is 11.1 Å². The molecule has 3 nitrogen and oxygen atoms in total. The van der Waals surface area contributed by atoms with E-state index in [1.54, 1.807) is 0 Å². The molecule has 0 aromatic rings. The molecule has 1 amide bonds. The van der Waals surface area contributed by atoms with Gasteiger partial charge in [-0.3, -0.25) is 4.79 Å². The SMILES string of the molecule is CC1(NC(=O)CCC(CCN)C(C)(C)C)CCCCC1. The maximum Gasteiger partial charge on any atom is 0.220 e. The molecule has 1 saturated carbocycles. The number of carbonyl (C=O) groups is 1. The molecule has 1 atom stereocenters. The summed E-state index contributed by atoms with van der Waals surface area (Å²) < 4.78 is 0. The first-order valence-corrected chi connectivity index (χ1v) is 8.28. The van der Waals surface area contributed by atoms with E-state index in [0.29, 0.717) is 18.9 Å². The van der Waals surface area contributed by atoms with Gasteiger partial charge in [-0.15, -0.1) is 0 Å². The van der Waals surface area contributed by atoms with E-state index >= 15 is 0 Å². The number of hydrogen-bond acceptors (Lipinski definition) is 2. The predicted molar refractivity (Wildman–Crippen MR) is 85.5 cm³/mol. The minimum atomic E-state index is 0.0421. The minimum absolute atomic E-state index is 0.0421. The van der Waals surface area contributed by atoms with Gasteiger partial charge in [0.15, 0.2) is 0 Å². The molecule has 0 radical (unpaired) electrons. The lowest BCUT2D eigenvalue weighted by molar-refractivity contribution is -0.123. The highest BCUT2D eigenvalue weighted by atomic mass is 16.1. The Labute approximate surface area is 125 Å². The van der Waals surface area contributed by atoms with Crippen LogP contribution in [0.3, 0.4) is 0 Å². The van der Waals surface area contributed by atoms with E-state index in [4.69, 9.17) is 5.73 Å². The van der Waals surface area contributed by atoms with E-state index in [1.165, 1.54) is 19.3 Å². The number of nitrogens with two attached hydrogens (primary N) is 1. The quantitative estimate of drug-likeness (QED) is 0.782. The largest absolute Gasteiger partial charge is 0.351 e. The van der Waals surface area contributed by atoms with Gasteiger partial charge in [0.1, 0.15) is 0 Å². The Balaban J connectivity index is 2.41. The minimum Gasteiger partial charge on any atom is -0.351 e. The van der Waals surface area contributed by atoms with Crippen molar-refractivity contribution in [1.82, 2.24) is 5.32 Å². The standard InChI is InChI=1S/C17H34N2O/c1-16(2,3)14(10-13-18)8-9-15(20)19-17(4)11-6-5-7-12-17/h14H,5-13,18H2,1-4H3,(H,19,20). The van der Waals surface area contributed by atoms with Gasteiger partial charge in [0.05, 0.1) is 0 Å². The van der Waals surface area contributed by atoms with Gasteiger partial charge in [0.2, 0.25) is 5.91 Å². The molecule has 0 spiro atoms. The second-order valence-electron chi connectivity index (χ2n) is 7.85. The first-order valence-electron chi connectivity index (χ1n) is 8.28. The van der Waals surface area contributed by atoms with Gasteiger partial charge in [0, 0.05) is 12.0 Å². The maximum absolute atomic E-state index is 12.2. The molecule has 0 aromatic carbocycles. The lowest BCUT2D eigenvalue weighted by atomic mass is 9.76. The molecule has 1 aliphatic carbocycles. The highest BCUT2D eigenvalue weighted by Crippen LogP contribution is 2.32. The van der Waals surface area contributed by atoms with Crippen LogP contribution in [-0.4, -0.2) is 18.0 Å². The van der Waals surface area contributed by atoms with Gasteiger partial charge in [-0.25, -0.2) is 0 Å². The van der Waals surface area contributed by atoms with E-state index in [-0.39, 0.29) is 16.9 Å². The van der Waals surface area contributed by atoms with Crippen molar-refractivity contribution < 1.29 is 4.79 Å². The van der Waals surface area contributed by atoms with Gasteiger partial charge in [0.25, 0.3) is 0 Å². The molecule has 0 aromatic heterocycles. The van der Waals surface area contributed by atoms with E-state index in [1.807, 2.05) is 0 Å². The molecular formula is C17H34N2O. The Kier molecular flexibility index (Phi) is 6.50. The van der Waals surface area contributed by atoms with Gasteiger partial charge in [-0.05, 0) is 50.5 Å². The fourth-order valence-electron chi connectivity index (χ4n) is 3.37. The molecular weight excluding hydrogens is 248 g/mol. The summed E-state index contributed by atoms with van der Waals surface area (Å²) in [6, 6.07) is 0. The van der Waals surface area contributed by atoms with Crippen LogP contribution in [-0.2, 0) is 4.79 Å². The summed E-state index contributed by atoms with van der Waals surface area (Å²) in [5.41, 5.74) is 5.98. The van der Waals surface area contributed by atoms with Crippen LogP contribution in [0.1, 0.15) is 79.1 Å². The molecule has 1 unspecified atom stereocenters. The van der Waals surface area contributed by atoms with Crippen molar-refractivity contribution in [3.63, 3.8) is 0 Å². The van der Waals surface area contributed by atoms with Crippen molar-refractivity contribution in [2.75, 3.05) is 6.54 Å². The van der Waals surface area contributed by atoms with E-state index in [9.17, 15) is 4.79 Å². The Bertz CT molecular complexity index is 301. The summed E-state index contributed by atoms with van der Waals surface area (Å²) in [6.07, 6.45) is 8.65. The van der Waals surface area contributed by atoms with Crippen molar-refractivity contribution in [2.45, 2.75) is 84.6 Å². The van der Waals surface area contributed by atoms with Crippen LogP contribution >= 0.6 is 0 Å². The fourth-order valence-corrected chi connectivity index (χ4v) is 3.37. The summed E-state index contributed by atoms with van der Waals surface area (Å²) in [5.74, 6) is 0.748. The summed E-state index contributed by atoms with van der Waals surface area (Å²) in [5, 5.41) is 3.27. The highest BCUT2D eigenvalue weighted by Gasteiger charge is 2.29. The van der Waals surface area contributed by atoms with Crippen LogP contribution in [0.5, 0.6) is 0 Å². The third-order valence-corrected chi connectivity index (χ3v) is 4.86. The Morgan fingerprint density at radius 3 is 2.30 bits per heavy atom. The molecule has 0 bridgehead atoms. The molecule has 0 saturated heterocycles. The molecule has 0 heterocycles. The Morgan fingerprint density at radius 1 is 1.20 bits per heavy atom. The fraction of sp³-hybridized carbons (Fsp3) is 0.941. The van der Waals surface area contributed by atoms with Gasteiger partial charge in [-0.1, -0.05) is 40.0 Å².